The van der Waals surface area contributed by atoms with Gasteiger partial charge in [0.05, 0.1) is 13.2 Å². The van der Waals surface area contributed by atoms with Crippen molar-refractivity contribution < 1.29 is 38.0 Å². The number of carboxylic acids is 1. The third kappa shape index (κ3) is 12.8. The van der Waals surface area contributed by atoms with E-state index in [2.05, 4.69) is 0 Å². The fourth-order valence-corrected chi connectivity index (χ4v) is 4.70. The van der Waals surface area contributed by atoms with Crippen LogP contribution in [0.5, 0.6) is 5.75 Å². The SMILES string of the molecule is CCOC(Cc1ccc(OCCN(CCCCOCc2cc(Cl)cc(Cl)c2)C(=O)OCc2ccc(F)cc2)cc1)C(=O)O. The molecule has 0 saturated carbocycles. The Kier molecular flexibility index (Phi) is 14.5. The van der Waals surface area contributed by atoms with Gasteiger partial charge in [0.1, 0.15) is 24.8 Å². The smallest absolute Gasteiger partial charge is 0.410 e. The number of unbranched alkanes of at least 4 members (excludes halogenated alkanes) is 1. The Balaban J connectivity index is 1.48. The third-order valence-corrected chi connectivity index (χ3v) is 6.75. The average molecular weight is 637 g/mol. The normalized spacial score (nSPS) is 11.6. The maximum atomic E-state index is 13.2. The molecule has 1 N–H and O–H groups in total. The van der Waals surface area contributed by atoms with Gasteiger partial charge in [-0.1, -0.05) is 47.5 Å². The van der Waals surface area contributed by atoms with Crippen LogP contribution in [0.25, 0.3) is 0 Å². The minimum Gasteiger partial charge on any atom is -0.492 e. The predicted molar refractivity (Wildman–Crippen MR) is 162 cm³/mol. The van der Waals surface area contributed by atoms with E-state index in [1.54, 1.807) is 66.4 Å². The van der Waals surface area contributed by atoms with Gasteiger partial charge in [-0.3, -0.25) is 0 Å². The van der Waals surface area contributed by atoms with Crippen molar-refractivity contribution in [1.82, 2.24) is 4.90 Å². The number of amides is 1. The molecule has 0 fully saturated rings. The van der Waals surface area contributed by atoms with Gasteiger partial charge in [0.15, 0.2) is 6.10 Å². The summed E-state index contributed by atoms with van der Waals surface area (Å²) in [6.45, 7) is 3.85. The summed E-state index contributed by atoms with van der Waals surface area (Å²) in [7, 11) is 0. The first-order valence-corrected chi connectivity index (χ1v) is 14.7. The minimum absolute atomic E-state index is 0.0162. The molecule has 3 aromatic carbocycles. The van der Waals surface area contributed by atoms with Crippen LogP contribution >= 0.6 is 23.2 Å². The first-order chi connectivity index (χ1) is 20.7. The highest BCUT2D eigenvalue weighted by Crippen LogP contribution is 2.20. The molecular weight excluding hydrogens is 600 g/mol. The van der Waals surface area contributed by atoms with Crippen molar-refractivity contribution in [3.8, 4) is 5.75 Å². The summed E-state index contributed by atoms with van der Waals surface area (Å²) in [6, 6.07) is 18.1. The van der Waals surface area contributed by atoms with Crippen molar-refractivity contribution in [2.24, 2.45) is 0 Å². The Labute approximate surface area is 261 Å². The molecule has 3 rings (SSSR count). The van der Waals surface area contributed by atoms with E-state index < -0.39 is 18.2 Å². The van der Waals surface area contributed by atoms with Crippen LogP contribution < -0.4 is 4.74 Å². The molecule has 3 aromatic rings. The van der Waals surface area contributed by atoms with E-state index >= 15 is 0 Å². The molecule has 43 heavy (non-hydrogen) atoms. The molecular formula is C32H36Cl2FNO7. The van der Waals surface area contributed by atoms with Crippen LogP contribution in [0.4, 0.5) is 9.18 Å². The second-order valence-corrected chi connectivity index (χ2v) is 10.6. The summed E-state index contributed by atoms with van der Waals surface area (Å²) in [4.78, 5) is 25.8. The topological polar surface area (TPSA) is 94.5 Å². The number of ether oxygens (including phenoxy) is 4. The Bertz CT molecular complexity index is 1270. The van der Waals surface area contributed by atoms with E-state index in [1.807, 2.05) is 0 Å². The molecule has 0 bridgehead atoms. The Morgan fingerprint density at radius 1 is 0.860 bits per heavy atom. The molecule has 0 aliphatic rings. The number of hydrogen-bond donors (Lipinski definition) is 1. The van der Waals surface area contributed by atoms with E-state index in [9.17, 15) is 19.1 Å². The van der Waals surface area contributed by atoms with Crippen molar-refractivity contribution in [3.63, 3.8) is 0 Å². The second kappa shape index (κ2) is 18.3. The largest absolute Gasteiger partial charge is 0.492 e. The van der Waals surface area contributed by atoms with Gasteiger partial charge < -0.3 is 29.0 Å². The fraction of sp³-hybridized carbons (Fsp3) is 0.375. The van der Waals surface area contributed by atoms with Gasteiger partial charge in [0.25, 0.3) is 0 Å². The second-order valence-electron chi connectivity index (χ2n) is 9.68. The van der Waals surface area contributed by atoms with Crippen LogP contribution in [-0.2, 0) is 38.6 Å². The first kappa shape index (κ1) is 34.1. The van der Waals surface area contributed by atoms with E-state index in [4.69, 9.17) is 42.1 Å². The number of carbonyl (C=O) groups excluding carboxylic acids is 1. The summed E-state index contributed by atoms with van der Waals surface area (Å²) >= 11 is 12.1. The quantitative estimate of drug-likeness (QED) is 0.148. The monoisotopic (exact) mass is 635 g/mol. The molecule has 8 nitrogen and oxygen atoms in total. The van der Waals surface area contributed by atoms with Gasteiger partial charge in [0, 0.05) is 36.2 Å². The van der Waals surface area contributed by atoms with Crippen LogP contribution in [0.2, 0.25) is 10.0 Å². The van der Waals surface area contributed by atoms with Crippen LogP contribution in [0.15, 0.2) is 66.7 Å². The third-order valence-electron chi connectivity index (χ3n) is 6.31. The summed E-state index contributed by atoms with van der Waals surface area (Å²) in [5, 5.41) is 10.4. The predicted octanol–water partition coefficient (Wildman–Crippen LogP) is 7.18. The van der Waals surface area contributed by atoms with Crippen LogP contribution in [0, 0.1) is 5.82 Å². The Hall–Kier alpha value is -3.37. The van der Waals surface area contributed by atoms with Crippen molar-refractivity contribution in [1.29, 1.82) is 0 Å². The first-order valence-electron chi connectivity index (χ1n) is 14.0. The average Bonchev–Trinajstić information content (AvgIpc) is 2.97. The lowest BCUT2D eigenvalue weighted by Crippen LogP contribution is -2.36. The number of benzene rings is 3. The number of aliphatic carboxylic acids is 1. The molecule has 0 heterocycles. The molecule has 0 aromatic heterocycles. The summed E-state index contributed by atoms with van der Waals surface area (Å²) in [6.07, 6.45) is 0.201. The van der Waals surface area contributed by atoms with Gasteiger partial charge in [-0.25, -0.2) is 14.0 Å². The zero-order valence-corrected chi connectivity index (χ0v) is 25.5. The van der Waals surface area contributed by atoms with Crippen LogP contribution in [0.1, 0.15) is 36.5 Å². The number of carbonyl (C=O) groups is 2. The highest BCUT2D eigenvalue weighted by Gasteiger charge is 2.18. The van der Waals surface area contributed by atoms with Crippen molar-refractivity contribution >= 4 is 35.3 Å². The van der Waals surface area contributed by atoms with E-state index in [0.717, 1.165) is 11.1 Å². The number of carboxylic acid groups (broad SMARTS) is 1. The zero-order chi connectivity index (χ0) is 31.0. The van der Waals surface area contributed by atoms with E-state index in [1.165, 1.54) is 12.1 Å². The molecule has 0 spiro atoms. The van der Waals surface area contributed by atoms with Crippen molar-refractivity contribution in [3.05, 3.63) is 99.3 Å². The lowest BCUT2D eigenvalue weighted by atomic mass is 10.1. The highest BCUT2D eigenvalue weighted by molar-refractivity contribution is 6.34. The van der Waals surface area contributed by atoms with Crippen molar-refractivity contribution in [2.45, 2.75) is 45.5 Å². The summed E-state index contributed by atoms with van der Waals surface area (Å²) < 4.78 is 35.5. The lowest BCUT2D eigenvalue weighted by Gasteiger charge is -2.22. The number of nitrogens with zero attached hydrogens (tertiary/aromatic N) is 1. The molecule has 0 saturated heterocycles. The highest BCUT2D eigenvalue weighted by atomic mass is 35.5. The Morgan fingerprint density at radius 2 is 1.53 bits per heavy atom. The zero-order valence-electron chi connectivity index (χ0n) is 24.0. The van der Waals surface area contributed by atoms with Gasteiger partial charge in [-0.15, -0.1) is 0 Å². The number of halogens is 3. The van der Waals surface area contributed by atoms with E-state index in [0.29, 0.717) is 60.6 Å². The molecule has 0 radical (unpaired) electrons. The lowest BCUT2D eigenvalue weighted by molar-refractivity contribution is -0.149. The van der Waals surface area contributed by atoms with Gasteiger partial charge in [0.2, 0.25) is 0 Å². The number of rotatable bonds is 18. The number of hydrogen-bond acceptors (Lipinski definition) is 6. The van der Waals surface area contributed by atoms with Gasteiger partial charge >= 0.3 is 12.1 Å². The Morgan fingerprint density at radius 3 is 2.19 bits per heavy atom. The molecule has 0 aliphatic carbocycles. The standard InChI is InChI=1S/C32H36Cl2FNO7/c1-2-41-30(31(37)38)19-23-7-11-29(12-8-23)42-16-14-36(32(39)43-22-24-5-9-28(35)10-6-24)13-3-4-15-40-21-25-17-26(33)20-27(34)18-25/h5-12,17-18,20,30H,2-4,13-16,19,21-22H2,1H3,(H,37,38). The fourth-order valence-electron chi connectivity index (χ4n) is 4.13. The molecule has 0 aliphatic heterocycles. The molecule has 1 unspecified atom stereocenters. The molecule has 232 valence electrons. The maximum absolute atomic E-state index is 13.2. The van der Waals surface area contributed by atoms with Crippen LogP contribution in [0.3, 0.4) is 0 Å². The van der Waals surface area contributed by atoms with E-state index in [-0.39, 0.29) is 32.0 Å². The van der Waals surface area contributed by atoms with Gasteiger partial charge in [-0.05, 0) is 78.9 Å². The summed E-state index contributed by atoms with van der Waals surface area (Å²) in [5.41, 5.74) is 2.36. The van der Waals surface area contributed by atoms with Gasteiger partial charge in [-0.2, -0.15) is 0 Å². The maximum Gasteiger partial charge on any atom is 0.410 e. The molecule has 1 atom stereocenters. The summed E-state index contributed by atoms with van der Waals surface area (Å²) in [5.74, 6) is -0.786. The molecule has 11 heteroatoms. The molecule has 1 amide bonds. The minimum atomic E-state index is -1.01. The van der Waals surface area contributed by atoms with Crippen LogP contribution in [-0.4, -0.2) is 61.1 Å². The van der Waals surface area contributed by atoms with Crippen molar-refractivity contribution in [2.75, 3.05) is 32.9 Å².